The molecule has 0 bridgehead atoms. The van der Waals surface area contributed by atoms with E-state index < -0.39 is 0 Å². The molecule has 3 N–H and O–H groups in total. The van der Waals surface area contributed by atoms with Crippen LogP contribution in [0.15, 0.2) is 42.7 Å². The van der Waals surface area contributed by atoms with Crippen LogP contribution in [0.25, 0.3) is 0 Å². The van der Waals surface area contributed by atoms with Crippen LogP contribution in [0, 0.1) is 0 Å². The van der Waals surface area contributed by atoms with Gasteiger partial charge in [-0.1, -0.05) is 41.4 Å². The van der Waals surface area contributed by atoms with E-state index in [4.69, 9.17) is 29.0 Å². The Labute approximate surface area is 122 Å². The van der Waals surface area contributed by atoms with Crippen LogP contribution in [0.5, 0.6) is 0 Å². The van der Waals surface area contributed by atoms with Crippen molar-refractivity contribution in [3.63, 3.8) is 0 Å². The van der Waals surface area contributed by atoms with Gasteiger partial charge >= 0.3 is 0 Å². The maximum absolute atomic E-state index is 6.15. The summed E-state index contributed by atoms with van der Waals surface area (Å²) in [5, 5.41) is 1.41. The van der Waals surface area contributed by atoms with Gasteiger partial charge in [0.2, 0.25) is 0 Å². The number of hydrogen-bond donors (Lipinski definition) is 2. The van der Waals surface area contributed by atoms with Crippen molar-refractivity contribution >= 4 is 23.2 Å². The van der Waals surface area contributed by atoms with E-state index in [9.17, 15) is 0 Å². The Bertz CT molecular complexity index is 498. The van der Waals surface area contributed by atoms with E-state index in [1.165, 1.54) is 0 Å². The Kier molecular flexibility index (Phi) is 5.16. The van der Waals surface area contributed by atoms with Crippen LogP contribution in [0.3, 0.4) is 0 Å². The van der Waals surface area contributed by atoms with E-state index in [0.29, 0.717) is 5.02 Å². The lowest BCUT2D eigenvalue weighted by atomic mass is 10.00. The largest absolute Gasteiger partial charge is 0.271 e. The van der Waals surface area contributed by atoms with Gasteiger partial charge in [0.1, 0.15) is 0 Å². The first kappa shape index (κ1) is 14.3. The number of nitrogens with two attached hydrogens (primary N) is 1. The fraction of sp³-hybridized carbons (Fsp3) is 0.214. The summed E-state index contributed by atoms with van der Waals surface area (Å²) >= 11 is 12.3. The normalized spacial score (nSPS) is 12.4. The van der Waals surface area contributed by atoms with Crippen molar-refractivity contribution in [1.82, 2.24) is 10.4 Å². The number of benzene rings is 1. The zero-order chi connectivity index (χ0) is 13.7. The Morgan fingerprint density at radius 1 is 1.05 bits per heavy atom. The minimum Gasteiger partial charge on any atom is -0.271 e. The van der Waals surface area contributed by atoms with Crippen LogP contribution in [0.4, 0.5) is 0 Å². The fourth-order valence-corrected chi connectivity index (χ4v) is 2.36. The summed E-state index contributed by atoms with van der Waals surface area (Å²) in [5.74, 6) is 5.62. The van der Waals surface area contributed by atoms with Gasteiger partial charge < -0.3 is 0 Å². The van der Waals surface area contributed by atoms with Crippen LogP contribution in [-0.4, -0.2) is 11.0 Å². The summed E-state index contributed by atoms with van der Waals surface area (Å²) in [4.78, 5) is 3.97. The summed E-state index contributed by atoms with van der Waals surface area (Å²) in [6.07, 6.45) is 4.84. The summed E-state index contributed by atoms with van der Waals surface area (Å²) in [6.45, 7) is 0. The zero-order valence-corrected chi connectivity index (χ0v) is 11.8. The van der Waals surface area contributed by atoms with Crippen molar-refractivity contribution in [3.8, 4) is 0 Å². The molecule has 1 unspecified atom stereocenters. The molecule has 3 nitrogen and oxygen atoms in total. The summed E-state index contributed by atoms with van der Waals surface area (Å²) in [6, 6.07) is 9.73. The number of aromatic nitrogens is 1. The minimum atomic E-state index is 0.0693. The quantitative estimate of drug-likeness (QED) is 0.658. The van der Waals surface area contributed by atoms with E-state index in [0.717, 1.165) is 29.0 Å². The number of pyridine rings is 1. The average molecular weight is 296 g/mol. The van der Waals surface area contributed by atoms with Crippen LogP contribution in [-0.2, 0) is 12.8 Å². The lowest BCUT2D eigenvalue weighted by Gasteiger charge is -2.17. The molecule has 1 aromatic carbocycles. The molecule has 0 aliphatic carbocycles. The predicted molar refractivity (Wildman–Crippen MR) is 79.2 cm³/mol. The number of rotatable bonds is 5. The number of nitrogens with one attached hydrogen (secondary N) is 1. The van der Waals surface area contributed by atoms with Gasteiger partial charge in [-0.15, -0.1) is 0 Å². The van der Waals surface area contributed by atoms with Crippen molar-refractivity contribution in [3.05, 3.63) is 63.9 Å². The van der Waals surface area contributed by atoms with Gasteiger partial charge in [0.25, 0.3) is 0 Å². The molecule has 0 aliphatic rings. The first-order valence-electron chi connectivity index (χ1n) is 5.98. The van der Waals surface area contributed by atoms with Gasteiger partial charge in [0.15, 0.2) is 0 Å². The van der Waals surface area contributed by atoms with Crippen LogP contribution >= 0.6 is 23.2 Å². The topological polar surface area (TPSA) is 50.9 Å². The highest BCUT2D eigenvalue weighted by atomic mass is 35.5. The fourth-order valence-electron chi connectivity index (χ4n) is 1.95. The van der Waals surface area contributed by atoms with E-state index in [1.807, 2.05) is 30.3 Å². The van der Waals surface area contributed by atoms with Gasteiger partial charge in [-0.05, 0) is 36.1 Å². The smallest absolute Gasteiger partial charge is 0.0621 e. The van der Waals surface area contributed by atoms with Gasteiger partial charge in [-0.3, -0.25) is 16.3 Å². The second-order valence-electron chi connectivity index (χ2n) is 4.33. The predicted octanol–water partition coefficient (Wildman–Crippen LogP) is 3.01. The molecule has 2 aromatic rings. The Morgan fingerprint density at radius 2 is 1.74 bits per heavy atom. The highest BCUT2D eigenvalue weighted by molar-refractivity contribution is 6.31. The molecule has 0 aliphatic heterocycles. The van der Waals surface area contributed by atoms with Crippen LogP contribution in [0.1, 0.15) is 11.1 Å². The maximum atomic E-state index is 6.15. The molecule has 1 aromatic heterocycles. The average Bonchev–Trinajstić information content (AvgIpc) is 2.42. The van der Waals surface area contributed by atoms with E-state index in [-0.39, 0.29) is 6.04 Å². The Hall–Kier alpha value is -1.13. The number of nitrogens with zero attached hydrogens (tertiary/aromatic N) is 1. The van der Waals surface area contributed by atoms with Crippen molar-refractivity contribution in [2.45, 2.75) is 18.9 Å². The number of halogens is 2. The second-order valence-corrected chi connectivity index (χ2v) is 5.14. The van der Waals surface area contributed by atoms with Gasteiger partial charge in [-0.25, -0.2) is 0 Å². The maximum Gasteiger partial charge on any atom is 0.0621 e. The van der Waals surface area contributed by atoms with Gasteiger partial charge in [0, 0.05) is 23.5 Å². The zero-order valence-electron chi connectivity index (χ0n) is 10.3. The summed E-state index contributed by atoms with van der Waals surface area (Å²) in [7, 11) is 0. The molecule has 0 spiro atoms. The molecule has 5 heteroatoms. The molecule has 0 amide bonds. The van der Waals surface area contributed by atoms with Crippen molar-refractivity contribution in [2.24, 2.45) is 5.84 Å². The number of hydrazine groups is 1. The van der Waals surface area contributed by atoms with Crippen molar-refractivity contribution < 1.29 is 0 Å². The molecule has 0 saturated heterocycles. The first-order chi connectivity index (χ1) is 9.20. The van der Waals surface area contributed by atoms with Crippen LogP contribution < -0.4 is 11.3 Å². The van der Waals surface area contributed by atoms with E-state index in [2.05, 4.69) is 10.4 Å². The van der Waals surface area contributed by atoms with Crippen molar-refractivity contribution in [2.75, 3.05) is 0 Å². The highest BCUT2D eigenvalue weighted by Gasteiger charge is 2.12. The lowest BCUT2D eigenvalue weighted by Crippen LogP contribution is -2.38. The molecular formula is C14H15Cl2N3. The Morgan fingerprint density at radius 3 is 2.37 bits per heavy atom. The van der Waals surface area contributed by atoms with Crippen LogP contribution in [0.2, 0.25) is 10.0 Å². The third-order valence-electron chi connectivity index (χ3n) is 2.98. The molecule has 1 heterocycles. The number of hydrogen-bond acceptors (Lipinski definition) is 3. The minimum absolute atomic E-state index is 0.0693. The monoisotopic (exact) mass is 295 g/mol. The van der Waals surface area contributed by atoms with Gasteiger partial charge in [0.05, 0.1) is 5.02 Å². The molecule has 0 saturated carbocycles. The molecule has 2 rings (SSSR count). The lowest BCUT2D eigenvalue weighted by molar-refractivity contribution is 0.522. The molecule has 100 valence electrons. The first-order valence-corrected chi connectivity index (χ1v) is 6.74. The molecular weight excluding hydrogens is 281 g/mol. The summed E-state index contributed by atoms with van der Waals surface area (Å²) < 4.78 is 0. The highest BCUT2D eigenvalue weighted by Crippen LogP contribution is 2.20. The van der Waals surface area contributed by atoms with E-state index >= 15 is 0 Å². The molecule has 0 fully saturated rings. The third-order valence-corrected chi connectivity index (χ3v) is 3.69. The third kappa shape index (κ3) is 3.91. The second kappa shape index (κ2) is 6.87. The van der Waals surface area contributed by atoms with Crippen molar-refractivity contribution in [1.29, 1.82) is 0 Å². The van der Waals surface area contributed by atoms with E-state index in [1.54, 1.807) is 12.4 Å². The Balaban J connectivity index is 2.09. The molecule has 19 heavy (non-hydrogen) atoms. The standard InChI is InChI=1S/C14H15Cl2N3/c15-13-4-2-1-3-10(13)7-12(19-17)8-11-5-6-18-9-14(11)16/h1-6,9,12,19H,7-8,17H2. The molecule has 1 atom stereocenters. The van der Waals surface area contributed by atoms with Gasteiger partial charge in [-0.2, -0.15) is 0 Å². The summed E-state index contributed by atoms with van der Waals surface area (Å²) in [5.41, 5.74) is 4.90. The SMILES string of the molecule is NNC(Cc1ccccc1Cl)Cc1ccncc1Cl. The molecule has 0 radical (unpaired) electrons.